The molecule has 0 atom stereocenters. The van der Waals surface area contributed by atoms with E-state index in [0.717, 1.165) is 27.9 Å². The van der Waals surface area contributed by atoms with E-state index in [0.29, 0.717) is 6.42 Å². The molecular formula is C14H10N2O. The van der Waals surface area contributed by atoms with Crippen LogP contribution in [0.5, 0.6) is 0 Å². The fourth-order valence-corrected chi connectivity index (χ4v) is 2.09. The normalized spacial score (nSPS) is 10.5. The Hall–Kier alpha value is -2.47. The number of para-hydroxylation sites is 1. The molecule has 3 rings (SSSR count). The van der Waals surface area contributed by atoms with Gasteiger partial charge in [0, 0.05) is 16.5 Å². The van der Waals surface area contributed by atoms with Crippen molar-refractivity contribution >= 4 is 10.9 Å². The zero-order valence-electron chi connectivity index (χ0n) is 9.10. The summed E-state index contributed by atoms with van der Waals surface area (Å²) in [5, 5.41) is 10.0. The van der Waals surface area contributed by atoms with Gasteiger partial charge in [-0.15, -0.1) is 0 Å². The van der Waals surface area contributed by atoms with Crippen molar-refractivity contribution in [2.75, 3.05) is 0 Å². The van der Waals surface area contributed by atoms with Crippen LogP contribution in [0.15, 0.2) is 47.1 Å². The molecule has 0 radical (unpaired) electrons. The van der Waals surface area contributed by atoms with E-state index in [4.69, 9.17) is 9.68 Å². The van der Waals surface area contributed by atoms with Gasteiger partial charge in [-0.25, -0.2) is 0 Å². The highest BCUT2D eigenvalue weighted by Gasteiger charge is 2.13. The number of aromatic amines is 1. The summed E-state index contributed by atoms with van der Waals surface area (Å²) in [4.78, 5) is 3.31. The van der Waals surface area contributed by atoms with Gasteiger partial charge in [0.1, 0.15) is 5.76 Å². The van der Waals surface area contributed by atoms with Crippen molar-refractivity contribution in [1.82, 2.24) is 4.98 Å². The van der Waals surface area contributed by atoms with E-state index in [1.165, 1.54) is 0 Å². The first-order chi connectivity index (χ1) is 8.40. The van der Waals surface area contributed by atoms with Crippen LogP contribution in [0.3, 0.4) is 0 Å². The Morgan fingerprint density at radius 1 is 1.18 bits per heavy atom. The number of nitrogens with one attached hydrogen (secondary N) is 1. The van der Waals surface area contributed by atoms with E-state index in [1.807, 2.05) is 36.4 Å². The van der Waals surface area contributed by atoms with Gasteiger partial charge in [-0.05, 0) is 18.2 Å². The van der Waals surface area contributed by atoms with Crippen molar-refractivity contribution in [3.63, 3.8) is 0 Å². The average Bonchev–Trinajstić information content (AvgIpc) is 2.97. The van der Waals surface area contributed by atoms with Crippen molar-refractivity contribution in [2.45, 2.75) is 6.42 Å². The minimum atomic E-state index is 0.375. The van der Waals surface area contributed by atoms with E-state index in [2.05, 4.69) is 11.1 Å². The molecule has 3 heteroatoms. The Labute approximate surface area is 98.3 Å². The van der Waals surface area contributed by atoms with E-state index in [-0.39, 0.29) is 0 Å². The molecule has 0 unspecified atom stereocenters. The molecule has 0 aliphatic carbocycles. The highest BCUT2D eigenvalue weighted by atomic mass is 16.3. The first kappa shape index (κ1) is 9.73. The third-order valence-corrected chi connectivity index (χ3v) is 2.84. The zero-order valence-corrected chi connectivity index (χ0v) is 9.10. The molecule has 82 valence electrons. The average molecular weight is 222 g/mol. The Balaban J connectivity index is 2.31. The maximum atomic E-state index is 8.92. The van der Waals surface area contributed by atoms with Gasteiger partial charge in [-0.2, -0.15) is 5.26 Å². The lowest BCUT2D eigenvalue weighted by molar-refractivity contribution is 0.580. The Kier molecular flexibility index (Phi) is 2.20. The van der Waals surface area contributed by atoms with Crippen LogP contribution in [0.25, 0.3) is 22.4 Å². The maximum Gasteiger partial charge on any atom is 0.150 e. The van der Waals surface area contributed by atoms with E-state index in [9.17, 15) is 0 Å². The predicted octanol–water partition coefficient (Wildman–Crippen LogP) is 3.49. The summed E-state index contributed by atoms with van der Waals surface area (Å²) in [5.41, 5.74) is 2.93. The van der Waals surface area contributed by atoms with Gasteiger partial charge >= 0.3 is 0 Å². The van der Waals surface area contributed by atoms with Crippen molar-refractivity contribution in [1.29, 1.82) is 5.26 Å². The van der Waals surface area contributed by atoms with Gasteiger partial charge in [0.2, 0.25) is 0 Å². The van der Waals surface area contributed by atoms with Crippen LogP contribution >= 0.6 is 0 Å². The smallest absolute Gasteiger partial charge is 0.150 e. The number of benzene rings is 1. The quantitative estimate of drug-likeness (QED) is 0.721. The molecule has 3 nitrogen and oxygen atoms in total. The Bertz CT molecular complexity index is 687. The number of rotatable bonds is 2. The number of nitriles is 1. The molecule has 0 fully saturated rings. The van der Waals surface area contributed by atoms with Gasteiger partial charge in [0.05, 0.1) is 24.4 Å². The molecular weight excluding hydrogens is 212 g/mol. The van der Waals surface area contributed by atoms with E-state index >= 15 is 0 Å². The Morgan fingerprint density at radius 3 is 2.82 bits per heavy atom. The summed E-state index contributed by atoms with van der Waals surface area (Å²) in [6.07, 6.45) is 2.01. The Morgan fingerprint density at radius 2 is 2.06 bits per heavy atom. The molecule has 0 aliphatic heterocycles. The van der Waals surface area contributed by atoms with Gasteiger partial charge in [0.25, 0.3) is 0 Å². The fourth-order valence-electron chi connectivity index (χ4n) is 2.09. The van der Waals surface area contributed by atoms with Gasteiger partial charge in [-0.3, -0.25) is 0 Å². The summed E-state index contributed by atoms with van der Waals surface area (Å²) in [7, 11) is 0. The fraction of sp³-hybridized carbons (Fsp3) is 0.0714. The summed E-state index contributed by atoms with van der Waals surface area (Å²) in [5.74, 6) is 0.770. The second-order valence-electron chi connectivity index (χ2n) is 3.84. The minimum Gasteiger partial charge on any atom is -0.463 e. The standard InChI is InChI=1S/C14H10N2O/c15-8-7-11-10-4-1-2-5-12(10)16-14(11)13-6-3-9-17-13/h1-6,9,16H,7H2. The number of H-pyrrole nitrogens is 1. The molecule has 3 aromatic rings. The first-order valence-electron chi connectivity index (χ1n) is 5.40. The monoisotopic (exact) mass is 222 g/mol. The summed E-state index contributed by atoms with van der Waals surface area (Å²) in [6.45, 7) is 0. The highest BCUT2D eigenvalue weighted by molar-refractivity contribution is 5.90. The van der Waals surface area contributed by atoms with Crippen LogP contribution in [-0.2, 0) is 6.42 Å². The lowest BCUT2D eigenvalue weighted by atomic mass is 10.1. The van der Waals surface area contributed by atoms with Crippen LogP contribution in [-0.4, -0.2) is 4.98 Å². The number of hydrogen-bond acceptors (Lipinski definition) is 2. The van der Waals surface area contributed by atoms with Crippen LogP contribution in [0.4, 0.5) is 0 Å². The summed E-state index contributed by atoms with van der Waals surface area (Å²) >= 11 is 0. The third kappa shape index (κ3) is 1.51. The number of hydrogen-bond donors (Lipinski definition) is 1. The van der Waals surface area contributed by atoms with Crippen LogP contribution in [0, 0.1) is 11.3 Å². The van der Waals surface area contributed by atoms with Crippen molar-refractivity contribution < 1.29 is 4.42 Å². The predicted molar refractivity (Wildman–Crippen MR) is 65.3 cm³/mol. The molecule has 2 aromatic heterocycles. The van der Waals surface area contributed by atoms with Gasteiger partial charge in [0.15, 0.2) is 0 Å². The molecule has 0 saturated heterocycles. The molecule has 0 amide bonds. The zero-order chi connectivity index (χ0) is 11.7. The van der Waals surface area contributed by atoms with Gasteiger partial charge in [-0.1, -0.05) is 18.2 Å². The van der Waals surface area contributed by atoms with Gasteiger partial charge < -0.3 is 9.40 Å². The van der Waals surface area contributed by atoms with Crippen molar-refractivity contribution in [3.05, 3.63) is 48.2 Å². The SMILES string of the molecule is N#CCc1c(-c2ccco2)[nH]c2ccccc12. The topological polar surface area (TPSA) is 52.7 Å². The second-order valence-corrected chi connectivity index (χ2v) is 3.84. The number of furan rings is 1. The second kappa shape index (κ2) is 3.84. The molecule has 2 heterocycles. The van der Waals surface area contributed by atoms with E-state index < -0.39 is 0 Å². The molecule has 0 saturated carbocycles. The number of fused-ring (bicyclic) bond motifs is 1. The van der Waals surface area contributed by atoms with Crippen LogP contribution in [0.1, 0.15) is 5.56 Å². The lowest BCUT2D eigenvalue weighted by Crippen LogP contribution is -1.83. The highest BCUT2D eigenvalue weighted by Crippen LogP contribution is 2.30. The van der Waals surface area contributed by atoms with Crippen LogP contribution < -0.4 is 0 Å². The lowest BCUT2D eigenvalue weighted by Gasteiger charge is -1.96. The van der Waals surface area contributed by atoms with Crippen molar-refractivity contribution in [2.24, 2.45) is 0 Å². The first-order valence-corrected chi connectivity index (χ1v) is 5.40. The summed E-state index contributed by atoms with van der Waals surface area (Å²) in [6, 6.07) is 13.9. The third-order valence-electron chi connectivity index (χ3n) is 2.84. The minimum absolute atomic E-state index is 0.375. The molecule has 0 spiro atoms. The number of nitrogens with zero attached hydrogens (tertiary/aromatic N) is 1. The summed E-state index contributed by atoms with van der Waals surface area (Å²) < 4.78 is 5.40. The molecule has 0 aliphatic rings. The molecule has 1 aromatic carbocycles. The van der Waals surface area contributed by atoms with Crippen LogP contribution in [0.2, 0.25) is 0 Å². The molecule has 0 bridgehead atoms. The largest absolute Gasteiger partial charge is 0.463 e. The molecule has 17 heavy (non-hydrogen) atoms. The maximum absolute atomic E-state index is 8.92. The van der Waals surface area contributed by atoms with E-state index in [1.54, 1.807) is 6.26 Å². The molecule has 1 N–H and O–H groups in total. The number of aromatic nitrogens is 1. The van der Waals surface area contributed by atoms with Crippen molar-refractivity contribution in [3.8, 4) is 17.5 Å².